The number of halogens is 9. The second-order valence-electron chi connectivity index (χ2n) is 13.8. The highest BCUT2D eigenvalue weighted by Gasteiger charge is 2.52. The van der Waals surface area contributed by atoms with Crippen LogP contribution in [0.3, 0.4) is 0 Å². The predicted octanol–water partition coefficient (Wildman–Crippen LogP) is 12.2. The second-order valence-corrected chi connectivity index (χ2v) is 18.8. The number of fused-ring (bicyclic) bond motifs is 2. The topological polar surface area (TPSA) is 125 Å². The molecule has 0 saturated heterocycles. The van der Waals surface area contributed by atoms with Crippen molar-refractivity contribution in [1.82, 2.24) is 9.13 Å². The number of aryl methyl sites for hydroxylation is 3. The van der Waals surface area contributed by atoms with Gasteiger partial charge >= 0.3 is 32.7 Å². The quantitative estimate of drug-likeness (QED) is 0.0845. The molecule has 0 bridgehead atoms. The van der Waals surface area contributed by atoms with Crippen LogP contribution < -0.4 is 0 Å². The molecule has 2 heterocycles. The van der Waals surface area contributed by atoms with Crippen LogP contribution in [0.1, 0.15) is 62.8 Å². The Morgan fingerprint density at radius 2 is 0.983 bits per heavy atom. The van der Waals surface area contributed by atoms with Crippen molar-refractivity contribution < 1.29 is 59.4 Å². The van der Waals surface area contributed by atoms with E-state index in [1.807, 2.05) is 13.0 Å². The number of aromatic nitrogens is 2. The third kappa shape index (κ3) is 8.51. The van der Waals surface area contributed by atoms with Crippen LogP contribution in [-0.4, -0.2) is 28.7 Å². The fourth-order valence-corrected chi connectivity index (χ4v) is 9.54. The molecule has 0 aliphatic carbocycles. The maximum absolute atomic E-state index is 14.1. The normalized spacial score (nSPS) is 13.0. The molecule has 0 fully saturated rings. The van der Waals surface area contributed by atoms with Gasteiger partial charge in [-0.15, -0.1) is 0 Å². The molecule has 0 aliphatic heterocycles. The van der Waals surface area contributed by atoms with Gasteiger partial charge in [0.2, 0.25) is 0 Å². The van der Waals surface area contributed by atoms with Crippen LogP contribution in [0.15, 0.2) is 81.7 Å². The summed E-state index contributed by atoms with van der Waals surface area (Å²) in [6, 6.07) is 17.4. The molecule has 0 saturated carbocycles. The standard InChI is InChI=1S/C20H21BrF2NO3P.C19H16BrF5NO3P/c1-4-15-6-5-7-16-12(2)13(3)24(19(15)16)11-14-8-9-17(18(21)10-14)20(22,23)28(25,26)27;1-10-11(2)26(17-13(10)4-3-5-15(17)18(21,22)23)9-12-6-7-14(16(20)8-12)19(24,25)30(27,28)29/h5-10H,4,11H2,1-3H3,(H2,25,26,27);3-8H,9H2,1-2H3,(H2,27,28,29). The van der Waals surface area contributed by atoms with E-state index in [1.54, 1.807) is 19.9 Å². The lowest BCUT2D eigenvalue weighted by molar-refractivity contribution is -0.136. The van der Waals surface area contributed by atoms with E-state index in [4.69, 9.17) is 19.6 Å². The van der Waals surface area contributed by atoms with Crippen molar-refractivity contribution in [1.29, 1.82) is 0 Å². The van der Waals surface area contributed by atoms with Gasteiger partial charge in [-0.05, 0) is 80.1 Å². The minimum Gasteiger partial charge on any atom is -0.340 e. The average molecular weight is 984 g/mol. The van der Waals surface area contributed by atoms with E-state index in [-0.39, 0.29) is 21.0 Å². The van der Waals surface area contributed by atoms with Crippen LogP contribution >= 0.6 is 47.1 Å². The third-order valence-electron chi connectivity index (χ3n) is 10.2. The summed E-state index contributed by atoms with van der Waals surface area (Å²) in [5.74, 6) is 0. The summed E-state index contributed by atoms with van der Waals surface area (Å²) in [5, 5.41) is 1.60. The van der Waals surface area contributed by atoms with Gasteiger partial charge in [-0.25, -0.2) is 0 Å². The van der Waals surface area contributed by atoms with E-state index in [1.165, 1.54) is 51.4 Å². The van der Waals surface area contributed by atoms with Crippen LogP contribution in [0.4, 0.5) is 30.7 Å². The van der Waals surface area contributed by atoms with E-state index in [0.29, 0.717) is 28.8 Å². The van der Waals surface area contributed by atoms with Crippen molar-refractivity contribution in [2.45, 2.75) is 71.6 Å². The molecule has 0 aliphatic rings. The minimum atomic E-state index is -5.75. The number of nitrogens with zero attached hydrogens (tertiary/aromatic N) is 2. The summed E-state index contributed by atoms with van der Waals surface area (Å²) in [4.78, 5) is 35.8. The van der Waals surface area contributed by atoms with E-state index >= 15 is 0 Å². The summed E-state index contributed by atoms with van der Waals surface area (Å²) in [7, 11) is -11.4. The van der Waals surface area contributed by atoms with Gasteiger partial charge in [0.25, 0.3) is 0 Å². The predicted molar refractivity (Wildman–Crippen MR) is 216 cm³/mol. The first-order valence-corrected chi connectivity index (χ1v) is 22.1. The van der Waals surface area contributed by atoms with Crippen molar-refractivity contribution >= 4 is 68.9 Å². The molecular formula is C39H37Br2F7N2O6P2. The highest BCUT2D eigenvalue weighted by atomic mass is 79.9. The van der Waals surface area contributed by atoms with Crippen LogP contribution in [0.2, 0.25) is 0 Å². The molecule has 8 nitrogen and oxygen atoms in total. The van der Waals surface area contributed by atoms with Gasteiger partial charge in [0.05, 0.1) is 16.6 Å². The third-order valence-corrected chi connectivity index (χ3v) is 13.5. The van der Waals surface area contributed by atoms with E-state index in [2.05, 4.69) is 62.4 Å². The van der Waals surface area contributed by atoms with E-state index < -0.39 is 49.4 Å². The Morgan fingerprint density at radius 1 is 0.586 bits per heavy atom. The molecule has 2 aromatic heterocycles. The van der Waals surface area contributed by atoms with Crippen molar-refractivity contribution in [3.05, 3.63) is 138 Å². The van der Waals surface area contributed by atoms with Gasteiger partial charge in [-0.1, -0.05) is 93.4 Å². The van der Waals surface area contributed by atoms with Crippen LogP contribution in [-0.2, 0) is 46.1 Å². The van der Waals surface area contributed by atoms with Crippen LogP contribution in [0, 0.1) is 27.7 Å². The number of para-hydroxylation sites is 2. The Kier molecular flexibility index (Phi) is 12.9. The molecule has 0 amide bonds. The van der Waals surface area contributed by atoms with Gasteiger partial charge in [0.15, 0.2) is 0 Å². The summed E-state index contributed by atoms with van der Waals surface area (Å²) in [5.41, 5.74) is -4.10. The molecule has 6 rings (SSSR count). The lowest BCUT2D eigenvalue weighted by Gasteiger charge is -2.20. The number of hydrogen-bond acceptors (Lipinski definition) is 2. The Balaban J connectivity index is 0.000000221. The first kappa shape index (κ1) is 45.8. The van der Waals surface area contributed by atoms with Crippen molar-refractivity contribution in [2.75, 3.05) is 0 Å². The monoisotopic (exact) mass is 982 g/mol. The number of alkyl halides is 7. The number of rotatable bonds is 9. The zero-order chi connectivity index (χ0) is 43.5. The fraction of sp³-hybridized carbons (Fsp3) is 0.282. The molecule has 4 aromatic carbocycles. The van der Waals surface area contributed by atoms with Gasteiger partial charge < -0.3 is 28.7 Å². The van der Waals surface area contributed by atoms with Gasteiger partial charge in [0.1, 0.15) is 0 Å². The molecule has 312 valence electrons. The molecule has 0 spiro atoms. The van der Waals surface area contributed by atoms with Gasteiger partial charge in [0, 0.05) is 55.3 Å². The van der Waals surface area contributed by atoms with Crippen LogP contribution in [0.5, 0.6) is 0 Å². The lowest BCUT2D eigenvalue weighted by atomic mass is 10.1. The molecule has 0 radical (unpaired) electrons. The van der Waals surface area contributed by atoms with Crippen molar-refractivity contribution in [3.63, 3.8) is 0 Å². The van der Waals surface area contributed by atoms with Gasteiger partial charge in [-0.2, -0.15) is 30.7 Å². The Morgan fingerprint density at radius 3 is 1.36 bits per heavy atom. The summed E-state index contributed by atoms with van der Waals surface area (Å²) < 4.78 is 122. The SMILES string of the molecule is CCc1cccc2c(C)c(C)n(Cc3ccc(C(F)(F)P(=O)(O)O)c(Br)c3)c12.Cc1c(C)n(Cc2ccc(C(F)(F)P(=O)(O)O)c(Br)c2)c2c(C(F)(F)F)cccc12. The smallest absolute Gasteiger partial charge is 0.340 e. The molecule has 19 heteroatoms. The molecule has 0 unspecified atom stereocenters. The minimum absolute atomic E-state index is 0.0132. The van der Waals surface area contributed by atoms with Gasteiger partial charge in [-0.3, -0.25) is 9.13 Å². The maximum atomic E-state index is 14.1. The number of hydrogen-bond donors (Lipinski definition) is 4. The molecule has 58 heavy (non-hydrogen) atoms. The Bertz CT molecular complexity index is 2650. The van der Waals surface area contributed by atoms with Crippen molar-refractivity contribution in [3.8, 4) is 0 Å². The second kappa shape index (κ2) is 16.3. The first-order valence-electron chi connectivity index (χ1n) is 17.3. The maximum Gasteiger partial charge on any atom is 0.418 e. The summed E-state index contributed by atoms with van der Waals surface area (Å²) in [6.45, 7) is 9.96. The first-order chi connectivity index (χ1) is 26.6. The molecule has 0 atom stereocenters. The molecular weight excluding hydrogens is 947 g/mol. The fourth-order valence-electron chi connectivity index (χ4n) is 6.87. The van der Waals surface area contributed by atoms with Crippen LogP contribution in [0.25, 0.3) is 21.8 Å². The van der Waals surface area contributed by atoms with E-state index in [9.17, 15) is 39.9 Å². The zero-order valence-electron chi connectivity index (χ0n) is 31.3. The molecule has 4 N–H and O–H groups in total. The number of benzene rings is 4. The largest absolute Gasteiger partial charge is 0.418 e. The summed E-state index contributed by atoms with van der Waals surface area (Å²) in [6.07, 6.45) is -3.71. The highest BCUT2D eigenvalue weighted by Crippen LogP contribution is 2.61. The zero-order valence-corrected chi connectivity index (χ0v) is 36.3. The van der Waals surface area contributed by atoms with E-state index in [0.717, 1.165) is 41.4 Å². The van der Waals surface area contributed by atoms with Crippen molar-refractivity contribution in [2.24, 2.45) is 0 Å². The molecule has 6 aromatic rings. The Hall–Kier alpha value is -3.27. The summed E-state index contributed by atoms with van der Waals surface area (Å²) >= 11 is 5.95. The Labute approximate surface area is 345 Å². The highest BCUT2D eigenvalue weighted by molar-refractivity contribution is 9.10. The lowest BCUT2D eigenvalue weighted by Crippen LogP contribution is -2.15. The average Bonchev–Trinajstić information content (AvgIpc) is 3.50.